The number of rotatable bonds is 3. The molecule has 116 valence electrons. The molecule has 21 heavy (non-hydrogen) atoms. The third kappa shape index (κ3) is 4.54. The Morgan fingerprint density at radius 2 is 1.71 bits per heavy atom. The number of hydrogen-bond acceptors (Lipinski definition) is 4. The Balaban J connectivity index is 2.09. The molecule has 6 heteroatoms. The van der Waals surface area contributed by atoms with Crippen molar-refractivity contribution in [1.29, 1.82) is 0 Å². The van der Waals surface area contributed by atoms with Gasteiger partial charge < -0.3 is 10.2 Å². The fourth-order valence-electron chi connectivity index (χ4n) is 2.72. The van der Waals surface area contributed by atoms with Crippen molar-refractivity contribution < 1.29 is 13.2 Å². The normalized spacial score (nSPS) is 23.1. The number of amides is 1. The fraction of sp³-hybridized carbons (Fsp3) is 0.533. The van der Waals surface area contributed by atoms with Gasteiger partial charge in [-0.05, 0) is 31.5 Å². The van der Waals surface area contributed by atoms with E-state index in [0.717, 1.165) is 0 Å². The molecule has 0 bridgehead atoms. The number of carbonyl (C=O) groups excluding carboxylic acids is 1. The summed E-state index contributed by atoms with van der Waals surface area (Å²) in [5.74, 6) is 0.00417. The van der Waals surface area contributed by atoms with Crippen molar-refractivity contribution >= 4 is 15.7 Å². The Morgan fingerprint density at radius 3 is 2.19 bits per heavy atom. The highest BCUT2D eigenvalue weighted by Gasteiger charge is 2.25. The zero-order chi connectivity index (χ0) is 15.6. The SMILES string of the molecule is CC1CN(C(=O)c2ccc(CS(C)(=O)=O)cc2)CC(C)N1. The third-order valence-corrected chi connectivity index (χ3v) is 4.33. The van der Waals surface area contributed by atoms with E-state index in [4.69, 9.17) is 0 Å². The molecule has 5 nitrogen and oxygen atoms in total. The van der Waals surface area contributed by atoms with Gasteiger partial charge in [-0.15, -0.1) is 0 Å². The maximum atomic E-state index is 12.5. The summed E-state index contributed by atoms with van der Waals surface area (Å²) in [6.45, 7) is 5.50. The van der Waals surface area contributed by atoms with E-state index in [1.807, 2.05) is 4.90 Å². The van der Waals surface area contributed by atoms with Crippen LogP contribution in [0.1, 0.15) is 29.8 Å². The first kappa shape index (κ1) is 16.0. The van der Waals surface area contributed by atoms with Crippen LogP contribution in [-0.4, -0.2) is 50.7 Å². The number of piperazine rings is 1. The number of carbonyl (C=O) groups is 1. The molecular weight excluding hydrogens is 288 g/mol. The lowest BCUT2D eigenvalue weighted by atomic mass is 10.1. The molecule has 1 fully saturated rings. The van der Waals surface area contributed by atoms with Crippen molar-refractivity contribution in [3.05, 3.63) is 35.4 Å². The predicted molar refractivity (Wildman–Crippen MR) is 83.0 cm³/mol. The zero-order valence-corrected chi connectivity index (χ0v) is 13.5. The molecule has 1 aromatic carbocycles. The molecule has 1 heterocycles. The second-order valence-electron chi connectivity index (χ2n) is 5.95. The first-order valence-electron chi connectivity index (χ1n) is 7.06. The fourth-order valence-corrected chi connectivity index (χ4v) is 3.52. The highest BCUT2D eigenvalue weighted by Crippen LogP contribution is 2.13. The molecule has 1 aliphatic rings. The number of hydrogen-bond donors (Lipinski definition) is 1. The van der Waals surface area contributed by atoms with E-state index in [9.17, 15) is 13.2 Å². The molecule has 1 amide bonds. The largest absolute Gasteiger partial charge is 0.336 e. The lowest BCUT2D eigenvalue weighted by molar-refractivity contribution is 0.0674. The molecule has 1 N–H and O–H groups in total. The smallest absolute Gasteiger partial charge is 0.253 e. The monoisotopic (exact) mass is 310 g/mol. The van der Waals surface area contributed by atoms with Crippen LogP contribution in [0.2, 0.25) is 0 Å². The third-order valence-electron chi connectivity index (χ3n) is 3.47. The van der Waals surface area contributed by atoms with Crippen LogP contribution in [0.5, 0.6) is 0 Å². The van der Waals surface area contributed by atoms with Gasteiger partial charge in [-0.3, -0.25) is 4.79 Å². The minimum Gasteiger partial charge on any atom is -0.336 e. The van der Waals surface area contributed by atoms with Gasteiger partial charge in [0.25, 0.3) is 5.91 Å². The van der Waals surface area contributed by atoms with E-state index in [2.05, 4.69) is 19.2 Å². The van der Waals surface area contributed by atoms with Crippen molar-refractivity contribution in [2.75, 3.05) is 19.3 Å². The van der Waals surface area contributed by atoms with E-state index in [-0.39, 0.29) is 23.7 Å². The Hall–Kier alpha value is -1.40. The maximum absolute atomic E-state index is 12.5. The van der Waals surface area contributed by atoms with Gasteiger partial charge >= 0.3 is 0 Å². The van der Waals surface area contributed by atoms with Crippen molar-refractivity contribution in [3.8, 4) is 0 Å². The van der Waals surface area contributed by atoms with Gasteiger partial charge in [0.15, 0.2) is 9.84 Å². The highest BCUT2D eigenvalue weighted by molar-refractivity contribution is 7.89. The summed E-state index contributed by atoms with van der Waals surface area (Å²) in [6, 6.07) is 7.40. The number of nitrogens with zero attached hydrogens (tertiary/aromatic N) is 1. The van der Waals surface area contributed by atoms with Crippen LogP contribution in [0.25, 0.3) is 0 Å². The first-order valence-corrected chi connectivity index (χ1v) is 9.12. The number of benzene rings is 1. The van der Waals surface area contributed by atoms with E-state index >= 15 is 0 Å². The number of nitrogens with one attached hydrogen (secondary N) is 1. The molecule has 1 saturated heterocycles. The molecule has 1 aliphatic heterocycles. The van der Waals surface area contributed by atoms with Gasteiger partial charge in [-0.2, -0.15) is 0 Å². The summed E-state index contributed by atoms with van der Waals surface area (Å²) < 4.78 is 22.5. The highest BCUT2D eigenvalue weighted by atomic mass is 32.2. The van der Waals surface area contributed by atoms with Crippen LogP contribution < -0.4 is 5.32 Å². The van der Waals surface area contributed by atoms with Crippen LogP contribution >= 0.6 is 0 Å². The molecule has 2 unspecified atom stereocenters. The molecule has 2 rings (SSSR count). The topological polar surface area (TPSA) is 66.5 Å². The first-order chi connectivity index (χ1) is 9.74. The lowest BCUT2D eigenvalue weighted by Gasteiger charge is -2.36. The van der Waals surface area contributed by atoms with Crippen molar-refractivity contribution in [3.63, 3.8) is 0 Å². The average Bonchev–Trinajstić information content (AvgIpc) is 2.35. The lowest BCUT2D eigenvalue weighted by Crippen LogP contribution is -2.55. The molecule has 2 atom stereocenters. The quantitative estimate of drug-likeness (QED) is 0.906. The number of sulfone groups is 1. The van der Waals surface area contributed by atoms with Gasteiger partial charge in [0.05, 0.1) is 5.75 Å². The van der Waals surface area contributed by atoms with Crippen LogP contribution in [0.4, 0.5) is 0 Å². The minimum atomic E-state index is -3.05. The zero-order valence-electron chi connectivity index (χ0n) is 12.7. The molecule has 0 saturated carbocycles. The van der Waals surface area contributed by atoms with Crippen LogP contribution in [0.3, 0.4) is 0 Å². The second-order valence-corrected chi connectivity index (χ2v) is 8.09. The molecule has 0 spiro atoms. The van der Waals surface area contributed by atoms with E-state index in [1.165, 1.54) is 6.26 Å². The summed E-state index contributed by atoms with van der Waals surface area (Å²) in [7, 11) is -3.05. The second kappa shape index (κ2) is 6.15. The van der Waals surface area contributed by atoms with Crippen molar-refractivity contribution in [2.24, 2.45) is 0 Å². The molecule has 0 radical (unpaired) electrons. The van der Waals surface area contributed by atoms with Gasteiger partial charge in [0, 0.05) is 37.0 Å². The van der Waals surface area contributed by atoms with Gasteiger partial charge in [0.2, 0.25) is 0 Å². The maximum Gasteiger partial charge on any atom is 0.253 e. The molecule has 0 aromatic heterocycles. The summed E-state index contributed by atoms with van der Waals surface area (Å²) in [5.41, 5.74) is 1.31. The van der Waals surface area contributed by atoms with Crippen LogP contribution in [0.15, 0.2) is 24.3 Å². The van der Waals surface area contributed by atoms with Gasteiger partial charge in [-0.1, -0.05) is 12.1 Å². The van der Waals surface area contributed by atoms with Crippen LogP contribution in [0, 0.1) is 0 Å². The van der Waals surface area contributed by atoms with E-state index in [0.29, 0.717) is 24.2 Å². The van der Waals surface area contributed by atoms with Gasteiger partial charge in [-0.25, -0.2) is 8.42 Å². The molecule has 0 aliphatic carbocycles. The summed E-state index contributed by atoms with van der Waals surface area (Å²) >= 11 is 0. The molecular formula is C15H22N2O3S. The standard InChI is InChI=1S/C15H22N2O3S/c1-11-8-17(9-12(2)16-11)15(18)14-6-4-13(5-7-14)10-21(3,19)20/h4-7,11-12,16H,8-10H2,1-3H3. The molecule has 1 aromatic rings. The van der Waals surface area contributed by atoms with Crippen molar-refractivity contribution in [1.82, 2.24) is 10.2 Å². The minimum absolute atomic E-state index is 0.00102. The summed E-state index contributed by atoms with van der Waals surface area (Å²) in [5, 5.41) is 3.39. The van der Waals surface area contributed by atoms with E-state index in [1.54, 1.807) is 24.3 Å². The Kier molecular flexibility index (Phi) is 4.68. The van der Waals surface area contributed by atoms with Crippen LogP contribution in [-0.2, 0) is 15.6 Å². The van der Waals surface area contributed by atoms with Crippen molar-refractivity contribution in [2.45, 2.75) is 31.7 Å². The summed E-state index contributed by atoms with van der Waals surface area (Å²) in [4.78, 5) is 14.3. The summed E-state index contributed by atoms with van der Waals surface area (Å²) in [6.07, 6.45) is 1.20. The average molecular weight is 310 g/mol. The van der Waals surface area contributed by atoms with Gasteiger partial charge in [0.1, 0.15) is 0 Å². The Labute approximate surface area is 126 Å². The Bertz CT molecular complexity index is 600. The predicted octanol–water partition coefficient (Wildman–Crippen LogP) is 1.05. The van der Waals surface area contributed by atoms with E-state index < -0.39 is 9.84 Å². The Morgan fingerprint density at radius 1 is 1.19 bits per heavy atom.